The average molecular weight is 382 g/mol. The van der Waals surface area contributed by atoms with Crippen molar-refractivity contribution < 1.29 is 19.1 Å². The number of amides is 2. The number of hydrogen-bond donors (Lipinski definition) is 2. The topological polar surface area (TPSA) is 76.7 Å². The number of ether oxygens (including phenoxy) is 2. The lowest BCUT2D eigenvalue weighted by atomic mass is 10.1. The van der Waals surface area contributed by atoms with Crippen molar-refractivity contribution in [3.8, 4) is 11.5 Å². The van der Waals surface area contributed by atoms with Crippen molar-refractivity contribution >= 4 is 11.8 Å². The Hall–Kier alpha value is -3.02. The summed E-state index contributed by atoms with van der Waals surface area (Å²) < 4.78 is 10.7. The molecule has 2 aromatic carbocycles. The lowest BCUT2D eigenvalue weighted by Gasteiger charge is -2.12. The number of hydrogen-bond acceptors (Lipinski definition) is 4. The van der Waals surface area contributed by atoms with Crippen LogP contribution in [0.25, 0.3) is 0 Å². The first kappa shape index (κ1) is 19.7. The van der Waals surface area contributed by atoms with Crippen molar-refractivity contribution in [1.82, 2.24) is 10.6 Å². The molecule has 0 atom stereocenters. The van der Waals surface area contributed by atoms with Crippen LogP contribution in [0, 0.1) is 0 Å². The maximum atomic E-state index is 12.4. The first-order chi connectivity index (χ1) is 13.7. The minimum atomic E-state index is -0.228. The molecule has 28 heavy (non-hydrogen) atoms. The van der Waals surface area contributed by atoms with Gasteiger partial charge in [0.25, 0.3) is 11.8 Å². The van der Waals surface area contributed by atoms with E-state index in [4.69, 9.17) is 9.47 Å². The molecule has 1 aliphatic rings. The van der Waals surface area contributed by atoms with Gasteiger partial charge in [-0.1, -0.05) is 18.9 Å². The predicted octanol–water partition coefficient (Wildman–Crippen LogP) is 3.18. The number of methoxy groups -OCH3 is 1. The van der Waals surface area contributed by atoms with Gasteiger partial charge in [-0.3, -0.25) is 9.59 Å². The second-order valence-electron chi connectivity index (χ2n) is 6.82. The Morgan fingerprint density at radius 3 is 2.29 bits per heavy atom. The summed E-state index contributed by atoms with van der Waals surface area (Å²) in [5, 5.41) is 5.85. The first-order valence-corrected chi connectivity index (χ1v) is 9.61. The molecule has 0 aromatic heterocycles. The van der Waals surface area contributed by atoms with Crippen LogP contribution in [0.2, 0.25) is 0 Å². The minimum Gasteiger partial charge on any atom is -0.497 e. The number of nitrogens with one attached hydrogen (secondary N) is 2. The third-order valence-corrected chi connectivity index (χ3v) is 4.79. The number of rotatable bonds is 8. The summed E-state index contributed by atoms with van der Waals surface area (Å²) in [4.78, 5) is 24.7. The summed E-state index contributed by atoms with van der Waals surface area (Å²) in [5.74, 6) is 1.12. The van der Waals surface area contributed by atoms with E-state index in [1.54, 1.807) is 31.4 Å². The summed E-state index contributed by atoms with van der Waals surface area (Å²) in [6.45, 7) is 0.712. The van der Waals surface area contributed by atoms with Crippen LogP contribution < -0.4 is 20.1 Å². The van der Waals surface area contributed by atoms with Gasteiger partial charge in [-0.25, -0.2) is 0 Å². The highest BCUT2D eigenvalue weighted by Crippen LogP contribution is 2.18. The van der Waals surface area contributed by atoms with Crippen LogP contribution in [0.1, 0.15) is 46.4 Å². The highest BCUT2D eigenvalue weighted by molar-refractivity contribution is 5.99. The predicted molar refractivity (Wildman–Crippen MR) is 107 cm³/mol. The Balaban J connectivity index is 1.46. The smallest absolute Gasteiger partial charge is 0.251 e. The number of benzene rings is 2. The van der Waals surface area contributed by atoms with Gasteiger partial charge in [0.2, 0.25) is 0 Å². The molecule has 1 fully saturated rings. The van der Waals surface area contributed by atoms with E-state index in [1.165, 1.54) is 0 Å². The van der Waals surface area contributed by atoms with Crippen molar-refractivity contribution in [2.45, 2.75) is 31.7 Å². The van der Waals surface area contributed by atoms with Gasteiger partial charge < -0.3 is 20.1 Å². The Kier molecular flexibility index (Phi) is 6.89. The van der Waals surface area contributed by atoms with E-state index in [0.717, 1.165) is 31.4 Å². The Morgan fingerprint density at radius 1 is 0.964 bits per heavy atom. The van der Waals surface area contributed by atoms with Crippen molar-refractivity contribution in [2.75, 3.05) is 20.3 Å². The Bertz CT molecular complexity index is 798. The van der Waals surface area contributed by atoms with Crippen LogP contribution in [0.5, 0.6) is 11.5 Å². The monoisotopic (exact) mass is 382 g/mol. The van der Waals surface area contributed by atoms with E-state index in [1.807, 2.05) is 24.3 Å². The molecule has 1 saturated carbocycles. The van der Waals surface area contributed by atoms with Crippen LogP contribution in [-0.2, 0) is 0 Å². The molecule has 6 nitrogen and oxygen atoms in total. The molecule has 148 valence electrons. The Labute approximate surface area is 165 Å². The molecule has 0 spiro atoms. The molecule has 0 unspecified atom stereocenters. The third kappa shape index (κ3) is 5.49. The lowest BCUT2D eigenvalue weighted by Crippen LogP contribution is -2.33. The fourth-order valence-corrected chi connectivity index (χ4v) is 3.25. The quantitative estimate of drug-likeness (QED) is 0.688. The van der Waals surface area contributed by atoms with Crippen LogP contribution in [0.15, 0.2) is 48.5 Å². The fraction of sp³-hybridized carbons (Fsp3) is 0.364. The van der Waals surface area contributed by atoms with Gasteiger partial charge >= 0.3 is 0 Å². The van der Waals surface area contributed by atoms with E-state index < -0.39 is 0 Å². The van der Waals surface area contributed by atoms with Gasteiger partial charge in [-0.15, -0.1) is 0 Å². The van der Waals surface area contributed by atoms with Gasteiger partial charge in [-0.2, -0.15) is 0 Å². The lowest BCUT2D eigenvalue weighted by molar-refractivity contribution is 0.0938. The van der Waals surface area contributed by atoms with Crippen molar-refractivity contribution in [3.63, 3.8) is 0 Å². The Morgan fingerprint density at radius 2 is 1.61 bits per heavy atom. The zero-order valence-electron chi connectivity index (χ0n) is 16.1. The van der Waals surface area contributed by atoms with Crippen LogP contribution in [-0.4, -0.2) is 38.1 Å². The summed E-state index contributed by atoms with van der Waals surface area (Å²) in [7, 11) is 1.61. The zero-order valence-corrected chi connectivity index (χ0v) is 16.1. The van der Waals surface area contributed by atoms with Gasteiger partial charge in [-0.05, 0) is 55.3 Å². The maximum Gasteiger partial charge on any atom is 0.251 e. The molecule has 1 aliphatic carbocycles. The SMILES string of the molecule is COc1ccc(OCCNC(=O)c2cccc(C(=O)NC3CCCC3)c2)cc1. The second-order valence-corrected chi connectivity index (χ2v) is 6.82. The summed E-state index contributed by atoms with van der Waals surface area (Å²) in [6, 6.07) is 14.3. The average Bonchev–Trinajstić information content (AvgIpc) is 3.24. The van der Waals surface area contributed by atoms with Gasteiger partial charge in [0.1, 0.15) is 18.1 Å². The normalized spacial score (nSPS) is 13.8. The molecule has 6 heteroatoms. The van der Waals surface area contributed by atoms with Crippen LogP contribution in [0.3, 0.4) is 0 Å². The van der Waals surface area contributed by atoms with Crippen molar-refractivity contribution in [2.24, 2.45) is 0 Å². The van der Waals surface area contributed by atoms with E-state index in [2.05, 4.69) is 10.6 Å². The largest absolute Gasteiger partial charge is 0.497 e. The third-order valence-electron chi connectivity index (χ3n) is 4.79. The fourth-order valence-electron chi connectivity index (χ4n) is 3.25. The maximum absolute atomic E-state index is 12.4. The van der Waals surface area contributed by atoms with Crippen molar-refractivity contribution in [3.05, 3.63) is 59.7 Å². The second kappa shape index (κ2) is 9.78. The highest BCUT2D eigenvalue weighted by Gasteiger charge is 2.18. The van der Waals surface area contributed by atoms with E-state index in [9.17, 15) is 9.59 Å². The van der Waals surface area contributed by atoms with E-state index >= 15 is 0 Å². The molecule has 0 aliphatic heterocycles. The standard InChI is InChI=1S/C22H26N2O4/c1-27-19-9-11-20(12-10-19)28-14-13-23-21(25)16-5-4-6-17(15-16)22(26)24-18-7-2-3-8-18/h4-6,9-12,15,18H,2-3,7-8,13-14H2,1H3,(H,23,25)(H,24,26). The molecule has 0 heterocycles. The van der Waals surface area contributed by atoms with Gasteiger partial charge in [0, 0.05) is 17.2 Å². The zero-order chi connectivity index (χ0) is 19.8. The number of carbonyl (C=O) groups excluding carboxylic acids is 2. The molecular formula is C22H26N2O4. The minimum absolute atomic E-state index is 0.121. The van der Waals surface area contributed by atoms with E-state index in [-0.39, 0.29) is 17.9 Å². The van der Waals surface area contributed by atoms with Crippen LogP contribution >= 0.6 is 0 Å². The summed E-state index contributed by atoms with van der Waals surface area (Å²) in [6.07, 6.45) is 4.37. The molecule has 0 bridgehead atoms. The summed E-state index contributed by atoms with van der Waals surface area (Å²) >= 11 is 0. The molecule has 2 amide bonds. The highest BCUT2D eigenvalue weighted by atomic mass is 16.5. The molecule has 3 rings (SSSR count). The first-order valence-electron chi connectivity index (χ1n) is 9.61. The van der Waals surface area contributed by atoms with Gasteiger partial charge in [0.05, 0.1) is 13.7 Å². The van der Waals surface area contributed by atoms with Crippen LogP contribution in [0.4, 0.5) is 0 Å². The van der Waals surface area contributed by atoms with Crippen molar-refractivity contribution in [1.29, 1.82) is 0 Å². The molecule has 0 saturated heterocycles. The number of carbonyl (C=O) groups is 2. The molecule has 0 radical (unpaired) electrons. The summed E-state index contributed by atoms with van der Waals surface area (Å²) in [5.41, 5.74) is 0.970. The van der Waals surface area contributed by atoms with E-state index in [0.29, 0.717) is 30.0 Å². The molecule has 2 aromatic rings. The van der Waals surface area contributed by atoms with Gasteiger partial charge in [0.15, 0.2) is 0 Å². The molecule has 2 N–H and O–H groups in total. The molecular weight excluding hydrogens is 356 g/mol.